The summed E-state index contributed by atoms with van der Waals surface area (Å²) in [6.07, 6.45) is 10.9. The molecule has 0 aliphatic carbocycles. The van der Waals surface area contributed by atoms with E-state index in [2.05, 4.69) is 180 Å². The van der Waals surface area contributed by atoms with Crippen molar-refractivity contribution in [2.24, 2.45) is 0 Å². The van der Waals surface area contributed by atoms with Crippen LogP contribution in [-0.2, 0) is 10.8 Å². The average molecular weight is 849 g/mol. The van der Waals surface area contributed by atoms with Gasteiger partial charge in [-0.15, -0.1) is 0 Å². The van der Waals surface area contributed by atoms with Crippen molar-refractivity contribution in [2.45, 2.75) is 85.1 Å². The van der Waals surface area contributed by atoms with Gasteiger partial charge >= 0.3 is 0 Å². The normalized spacial score (nSPS) is 19.7. The molecule has 4 aromatic rings. The van der Waals surface area contributed by atoms with Gasteiger partial charge in [0.05, 0.1) is 11.5 Å². The summed E-state index contributed by atoms with van der Waals surface area (Å²) in [5.74, 6) is 1.63. The van der Waals surface area contributed by atoms with Gasteiger partial charge in [-0.2, -0.15) is 4.58 Å². The summed E-state index contributed by atoms with van der Waals surface area (Å²) in [5, 5.41) is 1.53. The van der Waals surface area contributed by atoms with E-state index in [4.69, 9.17) is 32.7 Å². The minimum atomic E-state index is -0.169. The SMILES string of the molecule is C=C(COc1cc(N(CC)CC)ccc1C=CC1=[N+](C)c2ccc(Cl)cc2C1(C)CC)COc1cc(N(CC)CC)ccc1C=CC1N(C)c2ccc(Cl)cc2C1(C)CC. The molecule has 0 radical (unpaired) electrons. The van der Waals surface area contributed by atoms with Crippen LogP contribution in [0.2, 0.25) is 10.0 Å². The topological polar surface area (TPSA) is 31.2 Å². The van der Waals surface area contributed by atoms with Gasteiger partial charge in [0.2, 0.25) is 5.69 Å². The number of nitrogens with zero attached hydrogens (tertiary/aromatic N) is 4. The van der Waals surface area contributed by atoms with E-state index >= 15 is 0 Å². The van der Waals surface area contributed by atoms with Crippen LogP contribution >= 0.6 is 23.2 Å². The van der Waals surface area contributed by atoms with Gasteiger partial charge < -0.3 is 24.2 Å². The van der Waals surface area contributed by atoms with Gasteiger partial charge in [0, 0.05) is 107 Å². The Hall–Kier alpha value is -4.65. The minimum absolute atomic E-state index is 0.0867. The molecule has 6 rings (SSSR count). The summed E-state index contributed by atoms with van der Waals surface area (Å²) < 4.78 is 15.6. The van der Waals surface area contributed by atoms with E-state index in [0.29, 0.717) is 13.2 Å². The molecular formula is C52H65Cl2N4O2+. The van der Waals surface area contributed by atoms with Gasteiger partial charge in [0.1, 0.15) is 31.8 Å². The smallest absolute Gasteiger partial charge is 0.209 e. The molecule has 60 heavy (non-hydrogen) atoms. The molecule has 3 unspecified atom stereocenters. The number of hydrogen-bond donors (Lipinski definition) is 0. The highest BCUT2D eigenvalue weighted by molar-refractivity contribution is 6.31. The lowest BCUT2D eigenvalue weighted by Crippen LogP contribution is -2.39. The van der Waals surface area contributed by atoms with Gasteiger partial charge in [-0.1, -0.05) is 62.7 Å². The van der Waals surface area contributed by atoms with Crippen molar-refractivity contribution in [3.8, 4) is 11.5 Å². The van der Waals surface area contributed by atoms with Crippen LogP contribution in [0.25, 0.3) is 12.2 Å². The number of halogens is 2. The zero-order valence-electron chi connectivity index (χ0n) is 37.5. The van der Waals surface area contributed by atoms with E-state index < -0.39 is 0 Å². The van der Waals surface area contributed by atoms with Crippen LogP contribution < -0.4 is 24.2 Å². The van der Waals surface area contributed by atoms with Crippen LogP contribution in [0.15, 0.2) is 97.1 Å². The van der Waals surface area contributed by atoms with Crippen LogP contribution in [-0.4, -0.2) is 69.8 Å². The largest absolute Gasteiger partial charge is 0.488 e. The van der Waals surface area contributed by atoms with Gasteiger partial charge in [-0.3, -0.25) is 0 Å². The summed E-state index contributed by atoms with van der Waals surface area (Å²) in [5.41, 5.74) is 11.1. The Morgan fingerprint density at radius 1 is 0.717 bits per heavy atom. The molecule has 4 aromatic carbocycles. The van der Waals surface area contributed by atoms with Crippen LogP contribution in [0.5, 0.6) is 11.5 Å². The summed E-state index contributed by atoms with van der Waals surface area (Å²) in [4.78, 5) is 7.05. The third-order valence-electron chi connectivity index (χ3n) is 13.3. The molecule has 0 saturated heterocycles. The molecule has 2 aliphatic heterocycles. The highest BCUT2D eigenvalue weighted by atomic mass is 35.5. The lowest BCUT2D eigenvalue weighted by molar-refractivity contribution is -0.401. The van der Waals surface area contributed by atoms with Gasteiger partial charge in [-0.05, 0) is 119 Å². The van der Waals surface area contributed by atoms with Crippen molar-refractivity contribution in [3.63, 3.8) is 0 Å². The van der Waals surface area contributed by atoms with E-state index in [-0.39, 0.29) is 16.9 Å². The Balaban J connectivity index is 1.24. The fourth-order valence-electron chi connectivity index (χ4n) is 9.21. The standard InChI is InChI=1S/C52H65Cl2N4O2/c1-12-51(8)43-30-39(53)22-26-45(43)55(10)49(51)28-20-37-18-24-41(57(14-3)15-4)32-47(37)59-34-36(7)35-60-48-33-42(58(16-5)17-6)25-19-38(48)21-29-50-52(9,13-2)44-31-40(54)23-27-46(44)56(50)11/h18-33,49H,7,12-17,34-35H2,1-6,8-11H3/q+1. The fraction of sp³-hybridized carbons (Fsp3) is 0.404. The van der Waals surface area contributed by atoms with Gasteiger partial charge in [0.25, 0.3) is 0 Å². The van der Waals surface area contributed by atoms with Crippen molar-refractivity contribution < 1.29 is 14.0 Å². The number of ether oxygens (including phenoxy) is 2. The number of allylic oxidation sites excluding steroid dienone is 1. The molecule has 2 heterocycles. The van der Waals surface area contributed by atoms with Gasteiger partial charge in [0.15, 0.2) is 5.71 Å². The Morgan fingerprint density at radius 3 is 1.78 bits per heavy atom. The third-order valence-corrected chi connectivity index (χ3v) is 13.8. The molecule has 8 heteroatoms. The van der Waals surface area contributed by atoms with E-state index in [1.54, 1.807) is 0 Å². The first-order chi connectivity index (χ1) is 28.8. The van der Waals surface area contributed by atoms with E-state index in [1.165, 1.54) is 28.2 Å². The number of benzene rings is 4. The molecule has 0 spiro atoms. The highest BCUT2D eigenvalue weighted by Gasteiger charge is 2.46. The first kappa shape index (κ1) is 44.9. The Labute approximate surface area is 370 Å². The molecule has 0 aromatic heterocycles. The molecule has 6 nitrogen and oxygen atoms in total. The quantitative estimate of drug-likeness (QED) is 0.0735. The van der Waals surface area contributed by atoms with Crippen LogP contribution in [0.1, 0.15) is 90.5 Å². The maximum atomic E-state index is 6.66. The zero-order valence-corrected chi connectivity index (χ0v) is 39.1. The molecule has 0 bridgehead atoms. The predicted molar refractivity (Wildman–Crippen MR) is 259 cm³/mol. The number of likely N-dealkylation sites (N-methyl/N-ethyl adjacent to an activating group) is 1. The van der Waals surface area contributed by atoms with Crippen LogP contribution in [0.3, 0.4) is 0 Å². The van der Waals surface area contributed by atoms with Crippen molar-refractivity contribution >= 4 is 63.8 Å². The molecule has 3 atom stereocenters. The first-order valence-corrected chi connectivity index (χ1v) is 22.5. The van der Waals surface area contributed by atoms with E-state index in [1.807, 2.05) is 12.1 Å². The van der Waals surface area contributed by atoms with Crippen molar-refractivity contribution in [1.29, 1.82) is 0 Å². The summed E-state index contributed by atoms with van der Waals surface area (Å²) in [6.45, 7) is 26.6. The number of anilines is 3. The first-order valence-electron chi connectivity index (χ1n) is 21.8. The molecular weight excluding hydrogens is 784 g/mol. The van der Waals surface area contributed by atoms with Crippen molar-refractivity contribution in [3.05, 3.63) is 129 Å². The Morgan fingerprint density at radius 2 is 1.25 bits per heavy atom. The Bertz CT molecular complexity index is 2290. The predicted octanol–water partition coefficient (Wildman–Crippen LogP) is 13.0. The number of fused-ring (bicyclic) bond motifs is 2. The maximum absolute atomic E-state index is 6.66. The molecule has 0 N–H and O–H groups in total. The van der Waals surface area contributed by atoms with Crippen LogP contribution in [0, 0.1) is 0 Å². The second-order valence-electron chi connectivity index (χ2n) is 16.6. The highest BCUT2D eigenvalue weighted by Crippen LogP contribution is 2.48. The zero-order chi connectivity index (χ0) is 43.4. The lowest BCUT2D eigenvalue weighted by Gasteiger charge is -2.32. The fourth-order valence-corrected chi connectivity index (χ4v) is 9.55. The number of hydrogen-bond acceptors (Lipinski definition) is 5. The lowest BCUT2D eigenvalue weighted by atomic mass is 9.76. The molecule has 0 amide bonds. The minimum Gasteiger partial charge on any atom is -0.488 e. The van der Waals surface area contributed by atoms with Gasteiger partial charge in [-0.25, -0.2) is 0 Å². The summed E-state index contributed by atoms with van der Waals surface area (Å²) in [6, 6.07) is 25.7. The third kappa shape index (κ3) is 8.74. The Kier molecular flexibility index (Phi) is 14.2. The summed E-state index contributed by atoms with van der Waals surface area (Å²) in [7, 11) is 4.32. The average Bonchev–Trinajstić information content (AvgIpc) is 3.59. The second-order valence-corrected chi connectivity index (χ2v) is 17.5. The maximum Gasteiger partial charge on any atom is 0.209 e. The molecule has 0 fully saturated rings. The van der Waals surface area contributed by atoms with E-state index in [0.717, 1.165) is 88.6 Å². The second kappa shape index (κ2) is 19.0. The number of rotatable bonds is 18. The molecule has 0 saturated carbocycles. The molecule has 2 aliphatic rings. The molecule has 318 valence electrons. The van der Waals surface area contributed by atoms with Crippen molar-refractivity contribution in [2.75, 3.05) is 68.2 Å². The van der Waals surface area contributed by atoms with Crippen LogP contribution in [0.4, 0.5) is 22.7 Å². The van der Waals surface area contributed by atoms with Crippen molar-refractivity contribution in [1.82, 2.24) is 0 Å². The monoisotopic (exact) mass is 847 g/mol. The summed E-state index contributed by atoms with van der Waals surface area (Å²) >= 11 is 13.0. The van der Waals surface area contributed by atoms with E-state index in [9.17, 15) is 0 Å².